The number of aliphatic carboxylic acids is 1. The summed E-state index contributed by atoms with van der Waals surface area (Å²) < 4.78 is 5.20. The van der Waals surface area contributed by atoms with Crippen LogP contribution in [0.1, 0.15) is 143 Å². The first-order valence-corrected chi connectivity index (χ1v) is 30.4. The Bertz CT molecular complexity index is 2520. The van der Waals surface area contributed by atoms with Crippen LogP contribution in [0.25, 0.3) is 0 Å². The zero-order valence-corrected chi connectivity index (χ0v) is 52.7. The van der Waals surface area contributed by atoms with Crippen molar-refractivity contribution in [3.05, 3.63) is 29.8 Å². The van der Waals surface area contributed by atoms with Crippen LogP contribution in [0.3, 0.4) is 0 Å². The Balaban J connectivity index is 3.58. The quantitative estimate of drug-likeness (QED) is 0.0211. The van der Waals surface area contributed by atoms with Gasteiger partial charge in [-0.25, -0.2) is 0 Å². The lowest BCUT2D eigenvalue weighted by molar-refractivity contribution is -0.142. The summed E-state index contributed by atoms with van der Waals surface area (Å²) in [5.74, 6) is -15.8. The number of carboxylic acid groups (broad SMARTS) is 1. The molecule has 21 N–H and O–H groups in total. The molecule has 1 aromatic carbocycles. The van der Waals surface area contributed by atoms with E-state index in [-0.39, 0.29) is 106 Å². The third-order valence-electron chi connectivity index (χ3n) is 14.9. The highest BCUT2D eigenvalue weighted by atomic mass is 16.5. The lowest BCUT2D eigenvalue weighted by atomic mass is 9.88. The number of carboxylic acids is 1. The van der Waals surface area contributed by atoms with E-state index in [9.17, 15) is 73.2 Å². The maximum absolute atomic E-state index is 14.5. The summed E-state index contributed by atoms with van der Waals surface area (Å²) in [5.41, 5.74) is 33.8. The van der Waals surface area contributed by atoms with Gasteiger partial charge >= 0.3 is 5.97 Å². The molecule has 1 rings (SSSR count). The summed E-state index contributed by atoms with van der Waals surface area (Å²) in [4.78, 5) is 159. The number of nitrogens with one attached hydrogen (secondary N) is 5. The van der Waals surface area contributed by atoms with Gasteiger partial charge in [-0.3, -0.25) is 62.7 Å². The van der Waals surface area contributed by atoms with E-state index in [2.05, 4.69) is 36.6 Å². The number of carbonyl (C=O) groups excluding carboxylic acids is 10. The van der Waals surface area contributed by atoms with E-state index in [1.165, 1.54) is 31.4 Å². The van der Waals surface area contributed by atoms with Crippen LogP contribution in [0.5, 0.6) is 5.75 Å². The van der Waals surface area contributed by atoms with E-state index < -0.39 is 170 Å². The Morgan fingerprint density at radius 3 is 1.47 bits per heavy atom. The summed E-state index contributed by atoms with van der Waals surface area (Å²) in [6.07, 6.45) is -2.96. The molecule has 0 spiro atoms. The van der Waals surface area contributed by atoms with Crippen molar-refractivity contribution in [1.29, 1.82) is 0 Å². The average molecular weight is 1260 g/mol. The molecule has 0 saturated carbocycles. The number of amides is 6. The Morgan fingerprint density at radius 2 is 0.989 bits per heavy atom. The zero-order chi connectivity index (χ0) is 67.5. The van der Waals surface area contributed by atoms with Crippen molar-refractivity contribution in [2.45, 2.75) is 181 Å². The number of aliphatic hydroxyl groups excluding tert-OH is 2. The highest BCUT2D eigenvalue weighted by Gasteiger charge is 2.38. The van der Waals surface area contributed by atoms with Gasteiger partial charge in [-0.2, -0.15) is 0 Å². The van der Waals surface area contributed by atoms with Crippen molar-refractivity contribution in [2.75, 3.05) is 40.0 Å². The molecule has 0 unspecified atom stereocenters. The van der Waals surface area contributed by atoms with E-state index in [0.717, 1.165) is 6.92 Å². The number of aliphatic imine (C=N–C) groups is 2. The molecule has 0 aliphatic carbocycles. The lowest BCUT2D eigenvalue weighted by Crippen LogP contribution is -2.51. The number of unbranched alkanes of at least 4 members (excludes halogenated alkanes) is 1. The fourth-order valence-electron chi connectivity index (χ4n) is 9.88. The van der Waals surface area contributed by atoms with Gasteiger partial charge in [0, 0.05) is 63.6 Å². The highest BCUT2D eigenvalue weighted by molar-refractivity contribution is 5.99. The van der Waals surface area contributed by atoms with E-state index in [1.807, 2.05) is 34.6 Å². The van der Waals surface area contributed by atoms with E-state index in [4.69, 9.17) is 39.1 Å². The molecule has 0 aliphatic heterocycles. The van der Waals surface area contributed by atoms with Crippen molar-refractivity contribution in [3.63, 3.8) is 0 Å². The number of benzene rings is 1. The van der Waals surface area contributed by atoms with Gasteiger partial charge in [0.05, 0.1) is 55.7 Å². The second kappa shape index (κ2) is 42.3. The first-order chi connectivity index (χ1) is 41.9. The average Bonchev–Trinajstić information content (AvgIpc) is 3.13. The molecule has 29 heteroatoms. The maximum Gasteiger partial charge on any atom is 0.305 e. The fraction of sp³-hybridized carbons (Fsp3) is 0.683. The highest BCUT2D eigenvalue weighted by Crippen LogP contribution is 2.23. The number of ether oxygens (including phenoxy) is 1. The number of nitrogens with zero attached hydrogens (tertiary/aromatic N) is 2. The van der Waals surface area contributed by atoms with Crippen molar-refractivity contribution >= 4 is 76.5 Å². The summed E-state index contributed by atoms with van der Waals surface area (Å²) >= 11 is 0. The topological polar surface area (TPSA) is 519 Å². The minimum absolute atomic E-state index is 0.0266. The third kappa shape index (κ3) is 31.9. The van der Waals surface area contributed by atoms with Crippen molar-refractivity contribution < 1.29 is 77.9 Å². The molecule has 29 nitrogen and oxygen atoms in total. The fourth-order valence-corrected chi connectivity index (χ4v) is 9.88. The number of ketones is 4. The van der Waals surface area contributed by atoms with Crippen LogP contribution in [-0.2, 0) is 63.9 Å². The van der Waals surface area contributed by atoms with Gasteiger partial charge < -0.3 is 86.1 Å². The smallest absolute Gasteiger partial charge is 0.305 e. The number of phenolic OH excluding ortho intramolecular Hbond substituents is 1. The maximum atomic E-state index is 14.5. The van der Waals surface area contributed by atoms with Gasteiger partial charge in [-0.05, 0) is 107 Å². The lowest BCUT2D eigenvalue weighted by Gasteiger charge is -2.27. The molecule has 6 amide bonds. The molecule has 0 saturated heterocycles. The number of carbonyl (C=O) groups is 11. The number of hydrogen-bond donors (Lipinski definition) is 15. The van der Waals surface area contributed by atoms with Crippen LogP contribution in [-0.4, -0.2) is 173 Å². The van der Waals surface area contributed by atoms with Gasteiger partial charge in [0.1, 0.15) is 17.8 Å². The van der Waals surface area contributed by atoms with Crippen molar-refractivity contribution in [1.82, 2.24) is 26.6 Å². The predicted octanol–water partition coefficient (Wildman–Crippen LogP) is -1.01. The van der Waals surface area contributed by atoms with Crippen LogP contribution in [0.15, 0.2) is 34.3 Å². The van der Waals surface area contributed by atoms with Gasteiger partial charge in [0.2, 0.25) is 35.4 Å². The van der Waals surface area contributed by atoms with Gasteiger partial charge in [-0.15, -0.1) is 0 Å². The molecule has 0 bridgehead atoms. The van der Waals surface area contributed by atoms with Gasteiger partial charge in [0.15, 0.2) is 35.1 Å². The Kier molecular flexibility index (Phi) is 37.8. The monoisotopic (exact) mass is 1260 g/mol. The van der Waals surface area contributed by atoms with Crippen LogP contribution >= 0.6 is 0 Å². The Morgan fingerprint density at radius 1 is 0.539 bits per heavy atom. The number of Topliss-reactive ketones (excluding diaryl/α,β-unsaturated/α-hetero) is 4. The second-order valence-corrected chi connectivity index (χ2v) is 23.5. The van der Waals surface area contributed by atoms with Crippen LogP contribution in [0, 0.1) is 41.4 Å². The zero-order valence-electron chi connectivity index (χ0n) is 52.7. The summed E-state index contributed by atoms with van der Waals surface area (Å²) in [7, 11) is 1.20. The molecule has 89 heavy (non-hydrogen) atoms. The Labute approximate surface area is 521 Å². The second-order valence-electron chi connectivity index (χ2n) is 23.5. The van der Waals surface area contributed by atoms with E-state index >= 15 is 0 Å². The van der Waals surface area contributed by atoms with Crippen LogP contribution in [0.2, 0.25) is 0 Å². The largest absolute Gasteiger partial charge is 0.508 e. The summed E-state index contributed by atoms with van der Waals surface area (Å²) in [6.45, 7) is 9.57. The predicted molar refractivity (Wildman–Crippen MR) is 331 cm³/mol. The molecule has 0 radical (unpaired) electrons. The molecule has 0 aliphatic rings. The van der Waals surface area contributed by atoms with Crippen LogP contribution in [0.4, 0.5) is 0 Å². The number of aliphatic hydroxyl groups is 2. The molecular formula is C60H101N13O16. The SMILES string of the molecule is CC[C@@H](CC(C)C)C(=O)N[C@@H](CCCN=C(N)N)C(=O)C[C@@H](CO)C(=O)N[C@@H](COC)C(=O)C[C@H](C(=O)N[C@@H](CC(=O)O)C(=O)C[C@@H](CCCCN)C(=O)N[C@@H](Cc1ccc(O)cc1)C(=O)C[C@@H](CCCN=C(N)N)C(=O)N[C@@H](CC(C)C)C(N)=O)[C@@H](C)O. The van der Waals surface area contributed by atoms with Gasteiger partial charge in [0.25, 0.3) is 0 Å². The first-order valence-electron chi connectivity index (χ1n) is 30.4. The van der Waals surface area contributed by atoms with E-state index in [1.54, 1.807) is 0 Å². The number of aromatic hydroxyl groups is 1. The number of phenols is 1. The van der Waals surface area contributed by atoms with Crippen molar-refractivity contribution in [3.8, 4) is 5.75 Å². The van der Waals surface area contributed by atoms with E-state index in [0.29, 0.717) is 24.8 Å². The summed E-state index contributed by atoms with van der Waals surface area (Å²) in [6, 6.07) is -1.23. The number of guanidine groups is 2. The molecule has 11 atom stereocenters. The molecule has 0 heterocycles. The molecule has 1 aromatic rings. The molecular weight excluding hydrogens is 1160 g/mol. The van der Waals surface area contributed by atoms with Crippen molar-refractivity contribution in [2.24, 2.45) is 85.8 Å². The minimum Gasteiger partial charge on any atom is -0.508 e. The normalized spacial score (nSPS) is 15.0. The third-order valence-corrected chi connectivity index (χ3v) is 14.9. The van der Waals surface area contributed by atoms with Gasteiger partial charge in [-0.1, -0.05) is 53.2 Å². The molecule has 0 aromatic heterocycles. The minimum atomic E-state index is -1.85. The Hall–Kier alpha value is -7.63. The number of primary amides is 1. The standard InChI is InChI=1S/C60H101N13O16/c1-8-37(23-33(2)3)54(84)69-43(15-12-22-68-60(65)66)48(77)28-40(31-74)57(87)73-47(32-89-7)51(80)29-42(35(6)75)58(88)71-45(30-52(81)82)50(79)26-38(13-9-10-20-61)55(85)70-44(25-36-16-18-41(76)19-17-36)49(78)27-39(14-11-21-67-59(63)64)56(86)72-46(53(62)83)24-34(4)5/h16-19,33-35,37-40,42-47,74-76H,8-15,20-32,61H2,1-7H3,(H2,62,83)(H,69,84)(H,70,85)(H,71,88)(H,72,86)(H,73,87)(H,81,82)(H4,63,64,67)(H4,65,66,68)/t35-,37+,38-,39-,40+,42+,43+,44+,45+,46+,47+/m1/s1. The first kappa shape index (κ1) is 79.4. The number of hydrogen-bond acceptors (Lipinski definition) is 18. The summed E-state index contributed by atoms with van der Waals surface area (Å²) in [5, 5.41) is 54.2. The van der Waals surface area contributed by atoms with Crippen LogP contribution < -0.4 is 61.0 Å². The number of rotatable bonds is 48. The number of methoxy groups -OCH3 is 1. The molecule has 0 fully saturated rings. The number of nitrogens with two attached hydrogens (primary N) is 6. The molecule has 502 valence electrons.